The van der Waals surface area contributed by atoms with E-state index < -0.39 is 6.04 Å². The first-order chi connectivity index (χ1) is 18.5. The molecule has 2 atom stereocenters. The standard InChI is InChI=1S/C28H26FN5O4/c1-37-23-8-2-19(3-9-23)20-14-26(34(15-20)27(35)16-33-18-30-17-31-33)28(36)32-22-6-12-25(13-7-22)38-24-10-4-21(29)5-11-24/h2-13,17-18,20,26H,14-16H2,1H3,(H,32,36). The number of anilines is 1. The predicted molar refractivity (Wildman–Crippen MR) is 137 cm³/mol. The second-order valence-electron chi connectivity index (χ2n) is 8.93. The molecule has 2 amide bonds. The lowest BCUT2D eigenvalue weighted by Crippen LogP contribution is -2.44. The van der Waals surface area contributed by atoms with Gasteiger partial charge in [0.05, 0.1) is 7.11 Å². The zero-order chi connectivity index (χ0) is 26.5. The van der Waals surface area contributed by atoms with Gasteiger partial charge in [0.25, 0.3) is 0 Å². The van der Waals surface area contributed by atoms with E-state index in [9.17, 15) is 14.0 Å². The number of carbonyl (C=O) groups excluding carboxylic acids is 2. The van der Waals surface area contributed by atoms with Gasteiger partial charge in [0.2, 0.25) is 11.8 Å². The Morgan fingerprint density at radius 3 is 2.26 bits per heavy atom. The van der Waals surface area contributed by atoms with Crippen molar-refractivity contribution in [2.24, 2.45) is 0 Å². The van der Waals surface area contributed by atoms with Crippen LogP contribution in [-0.2, 0) is 16.1 Å². The quantitative estimate of drug-likeness (QED) is 0.377. The summed E-state index contributed by atoms with van der Waals surface area (Å²) in [5, 5.41) is 6.94. The van der Waals surface area contributed by atoms with Gasteiger partial charge in [0, 0.05) is 18.2 Å². The fraction of sp³-hybridized carbons (Fsp3) is 0.214. The van der Waals surface area contributed by atoms with E-state index in [1.54, 1.807) is 36.3 Å². The normalized spacial score (nSPS) is 16.7. The van der Waals surface area contributed by atoms with E-state index in [-0.39, 0.29) is 30.1 Å². The molecule has 2 unspecified atom stereocenters. The number of amides is 2. The molecular formula is C28H26FN5O4. The number of ether oxygens (including phenoxy) is 2. The lowest BCUT2D eigenvalue weighted by molar-refractivity contribution is -0.137. The first-order valence-corrected chi connectivity index (χ1v) is 12.1. The Morgan fingerprint density at radius 2 is 1.63 bits per heavy atom. The van der Waals surface area contributed by atoms with Gasteiger partial charge in [-0.3, -0.25) is 9.59 Å². The van der Waals surface area contributed by atoms with Gasteiger partial charge in [-0.25, -0.2) is 14.1 Å². The predicted octanol–water partition coefficient (Wildman–Crippen LogP) is 4.24. The highest BCUT2D eigenvalue weighted by atomic mass is 19.1. The van der Waals surface area contributed by atoms with E-state index in [2.05, 4.69) is 15.4 Å². The maximum Gasteiger partial charge on any atom is 0.247 e. The third kappa shape index (κ3) is 5.80. The number of carbonyl (C=O) groups is 2. The summed E-state index contributed by atoms with van der Waals surface area (Å²) in [5.74, 6) is 0.940. The summed E-state index contributed by atoms with van der Waals surface area (Å²) >= 11 is 0. The molecule has 194 valence electrons. The van der Waals surface area contributed by atoms with Crippen LogP contribution >= 0.6 is 0 Å². The molecule has 0 saturated carbocycles. The molecule has 1 fully saturated rings. The van der Waals surface area contributed by atoms with Crippen LogP contribution in [0.1, 0.15) is 17.9 Å². The average Bonchev–Trinajstić information content (AvgIpc) is 3.62. The van der Waals surface area contributed by atoms with E-state index >= 15 is 0 Å². The lowest BCUT2D eigenvalue weighted by Gasteiger charge is -2.24. The van der Waals surface area contributed by atoms with Crippen molar-refractivity contribution in [3.63, 3.8) is 0 Å². The van der Waals surface area contributed by atoms with Crippen LogP contribution in [-0.4, -0.2) is 51.2 Å². The first-order valence-electron chi connectivity index (χ1n) is 12.1. The lowest BCUT2D eigenvalue weighted by atomic mass is 9.96. The maximum atomic E-state index is 13.4. The molecule has 5 rings (SSSR count). The van der Waals surface area contributed by atoms with Crippen LogP contribution in [0.3, 0.4) is 0 Å². The topological polar surface area (TPSA) is 98.6 Å². The third-order valence-corrected chi connectivity index (χ3v) is 6.45. The Labute approximate surface area is 218 Å². The molecule has 10 heteroatoms. The summed E-state index contributed by atoms with van der Waals surface area (Å²) in [6.45, 7) is 0.400. The molecular weight excluding hydrogens is 489 g/mol. The van der Waals surface area contributed by atoms with Crippen molar-refractivity contribution in [2.75, 3.05) is 19.0 Å². The van der Waals surface area contributed by atoms with Gasteiger partial charge in [0.1, 0.15) is 48.3 Å². The van der Waals surface area contributed by atoms with Crippen LogP contribution in [0.2, 0.25) is 0 Å². The van der Waals surface area contributed by atoms with Crippen LogP contribution in [0.5, 0.6) is 17.2 Å². The van der Waals surface area contributed by atoms with Crippen LogP contribution < -0.4 is 14.8 Å². The maximum absolute atomic E-state index is 13.4. The molecule has 1 N–H and O–H groups in total. The van der Waals surface area contributed by atoms with Gasteiger partial charge in [-0.15, -0.1) is 0 Å². The molecule has 0 radical (unpaired) electrons. The Morgan fingerprint density at radius 1 is 0.974 bits per heavy atom. The average molecular weight is 516 g/mol. The van der Waals surface area contributed by atoms with Gasteiger partial charge < -0.3 is 19.7 Å². The van der Waals surface area contributed by atoms with Gasteiger partial charge >= 0.3 is 0 Å². The van der Waals surface area contributed by atoms with Crippen LogP contribution in [0, 0.1) is 5.82 Å². The summed E-state index contributed by atoms with van der Waals surface area (Å²) in [6, 6.07) is 19.6. The van der Waals surface area contributed by atoms with E-state index in [1.165, 1.54) is 41.6 Å². The van der Waals surface area contributed by atoms with Crippen LogP contribution in [0.15, 0.2) is 85.5 Å². The van der Waals surface area contributed by atoms with Crippen molar-refractivity contribution in [1.82, 2.24) is 19.7 Å². The Hall–Kier alpha value is -4.73. The number of halogens is 1. The molecule has 1 aromatic heterocycles. The molecule has 0 bridgehead atoms. The van der Waals surface area contributed by atoms with E-state index in [4.69, 9.17) is 9.47 Å². The number of benzene rings is 3. The molecule has 0 aliphatic carbocycles. The minimum Gasteiger partial charge on any atom is -0.497 e. The number of nitrogens with one attached hydrogen (secondary N) is 1. The molecule has 1 aliphatic heterocycles. The molecule has 38 heavy (non-hydrogen) atoms. The summed E-state index contributed by atoms with van der Waals surface area (Å²) in [4.78, 5) is 32.1. The van der Waals surface area contributed by atoms with Crippen molar-refractivity contribution in [3.05, 3.63) is 96.8 Å². The molecule has 1 saturated heterocycles. The molecule has 2 heterocycles. The van der Waals surface area contributed by atoms with E-state index in [1.807, 2.05) is 24.3 Å². The summed E-state index contributed by atoms with van der Waals surface area (Å²) in [7, 11) is 1.61. The largest absolute Gasteiger partial charge is 0.497 e. The number of aromatic nitrogens is 3. The van der Waals surface area contributed by atoms with Crippen LogP contribution in [0.4, 0.5) is 10.1 Å². The zero-order valence-electron chi connectivity index (χ0n) is 20.7. The van der Waals surface area contributed by atoms with Crippen molar-refractivity contribution in [3.8, 4) is 17.2 Å². The summed E-state index contributed by atoms with van der Waals surface area (Å²) in [5.41, 5.74) is 1.60. The van der Waals surface area contributed by atoms with E-state index in [0.717, 1.165) is 11.3 Å². The SMILES string of the molecule is COc1ccc(C2CC(C(=O)Nc3ccc(Oc4ccc(F)cc4)cc3)N(C(=O)Cn3cncn3)C2)cc1. The zero-order valence-corrected chi connectivity index (χ0v) is 20.7. The van der Waals surface area contributed by atoms with Gasteiger partial charge in [-0.05, 0) is 72.6 Å². The number of likely N-dealkylation sites (tertiary alicyclic amines) is 1. The number of hydrogen-bond donors (Lipinski definition) is 1. The second-order valence-corrected chi connectivity index (χ2v) is 8.93. The fourth-order valence-corrected chi connectivity index (χ4v) is 4.49. The minimum absolute atomic E-state index is 0.00542. The Balaban J connectivity index is 1.29. The fourth-order valence-electron chi connectivity index (χ4n) is 4.49. The summed E-state index contributed by atoms with van der Waals surface area (Å²) < 4.78 is 25.5. The highest BCUT2D eigenvalue weighted by molar-refractivity contribution is 5.97. The van der Waals surface area contributed by atoms with Gasteiger partial charge in [-0.1, -0.05) is 12.1 Å². The van der Waals surface area contributed by atoms with Gasteiger partial charge in [0.15, 0.2) is 0 Å². The molecule has 4 aromatic rings. The second kappa shape index (κ2) is 11.1. The molecule has 9 nitrogen and oxygen atoms in total. The van der Waals surface area contributed by atoms with Crippen LogP contribution in [0.25, 0.3) is 0 Å². The molecule has 0 spiro atoms. The molecule has 3 aromatic carbocycles. The number of methoxy groups -OCH3 is 1. The molecule has 1 aliphatic rings. The van der Waals surface area contributed by atoms with Crippen molar-refractivity contribution in [2.45, 2.75) is 24.9 Å². The Bertz CT molecular complexity index is 1380. The van der Waals surface area contributed by atoms with Crippen molar-refractivity contribution >= 4 is 17.5 Å². The van der Waals surface area contributed by atoms with Gasteiger partial charge in [-0.2, -0.15) is 5.10 Å². The smallest absolute Gasteiger partial charge is 0.247 e. The highest BCUT2D eigenvalue weighted by Gasteiger charge is 2.40. The highest BCUT2D eigenvalue weighted by Crippen LogP contribution is 2.34. The number of nitrogens with zero attached hydrogens (tertiary/aromatic N) is 4. The Kier molecular flexibility index (Phi) is 7.30. The third-order valence-electron chi connectivity index (χ3n) is 6.45. The van der Waals surface area contributed by atoms with E-state index in [0.29, 0.717) is 30.2 Å². The number of hydrogen-bond acceptors (Lipinski definition) is 6. The van der Waals surface area contributed by atoms with Crippen molar-refractivity contribution in [1.29, 1.82) is 0 Å². The minimum atomic E-state index is -0.659. The number of rotatable bonds is 8. The monoisotopic (exact) mass is 515 g/mol. The van der Waals surface area contributed by atoms with Crippen molar-refractivity contribution < 1.29 is 23.5 Å². The first kappa shape index (κ1) is 24.9. The summed E-state index contributed by atoms with van der Waals surface area (Å²) in [6.07, 6.45) is 3.32.